The summed E-state index contributed by atoms with van der Waals surface area (Å²) in [7, 11) is 1.61. The number of likely N-dealkylation sites (tertiary alicyclic amines) is 1. The first-order valence-corrected chi connectivity index (χ1v) is 12.6. The minimum absolute atomic E-state index is 0.0188. The van der Waals surface area contributed by atoms with E-state index in [1.54, 1.807) is 18.9 Å². The van der Waals surface area contributed by atoms with E-state index >= 15 is 0 Å². The van der Waals surface area contributed by atoms with Gasteiger partial charge in [0.25, 0.3) is 0 Å². The number of aromatic amines is 1. The number of rotatable bonds is 4. The SMILES string of the molecule is COc1ccc([C@@H]2c3sc(=O)[nH]c3S[C@H]3[C@@H]4C[C@@H]([C@@H]5C(=O)N([C@@H](C)C(=O)O)C(=O)[C@@H]45)[C@H]23)cc1. The number of fused-ring (bicyclic) bond motifs is 9. The number of ether oxygens (including phenoxy) is 1. The third-order valence-electron chi connectivity index (χ3n) is 7.98. The van der Waals surface area contributed by atoms with E-state index in [4.69, 9.17) is 4.74 Å². The molecule has 1 aromatic heterocycles. The second-order valence-corrected chi connectivity index (χ2v) is 11.5. The van der Waals surface area contributed by atoms with Crippen LogP contribution in [0, 0.1) is 29.6 Å². The molecule has 1 aromatic carbocycles. The van der Waals surface area contributed by atoms with E-state index in [1.807, 2.05) is 24.3 Å². The van der Waals surface area contributed by atoms with Crippen LogP contribution in [0.25, 0.3) is 0 Å². The summed E-state index contributed by atoms with van der Waals surface area (Å²) >= 11 is 2.83. The largest absolute Gasteiger partial charge is 0.497 e. The van der Waals surface area contributed by atoms with E-state index in [1.165, 1.54) is 18.3 Å². The summed E-state index contributed by atoms with van der Waals surface area (Å²) in [6.45, 7) is 1.39. The Bertz CT molecular complexity index is 1240. The Morgan fingerprint density at radius 1 is 1.15 bits per heavy atom. The second-order valence-electron chi connectivity index (χ2n) is 9.29. The quantitative estimate of drug-likeness (QED) is 0.638. The lowest BCUT2D eigenvalue weighted by atomic mass is 9.68. The molecule has 0 radical (unpaired) electrons. The van der Waals surface area contributed by atoms with Gasteiger partial charge in [0.2, 0.25) is 11.8 Å². The predicted octanol–water partition coefficient (Wildman–Crippen LogP) is 2.39. The minimum atomic E-state index is -1.17. The van der Waals surface area contributed by atoms with Gasteiger partial charge in [-0.3, -0.25) is 19.3 Å². The fourth-order valence-electron chi connectivity index (χ4n) is 6.72. The van der Waals surface area contributed by atoms with Crippen molar-refractivity contribution in [3.63, 3.8) is 0 Å². The lowest BCUT2D eigenvalue weighted by Gasteiger charge is -2.43. The van der Waals surface area contributed by atoms with Crippen molar-refractivity contribution in [3.8, 4) is 5.75 Å². The highest BCUT2D eigenvalue weighted by Crippen LogP contribution is 2.68. The highest BCUT2D eigenvalue weighted by Gasteiger charge is 2.70. The lowest BCUT2D eigenvalue weighted by Crippen LogP contribution is -2.44. The van der Waals surface area contributed by atoms with E-state index in [0.29, 0.717) is 0 Å². The number of methoxy groups -OCH3 is 1. The van der Waals surface area contributed by atoms with Gasteiger partial charge >= 0.3 is 10.8 Å². The molecule has 2 amide bonds. The second kappa shape index (κ2) is 7.20. The average molecular weight is 487 g/mol. The molecule has 2 aromatic rings. The number of aromatic nitrogens is 1. The van der Waals surface area contributed by atoms with Gasteiger partial charge in [0.1, 0.15) is 11.8 Å². The Labute approximate surface area is 197 Å². The number of hydrogen-bond donors (Lipinski definition) is 2. The maximum atomic E-state index is 13.3. The minimum Gasteiger partial charge on any atom is -0.497 e. The van der Waals surface area contributed by atoms with Crippen molar-refractivity contribution in [2.45, 2.75) is 35.6 Å². The first-order chi connectivity index (χ1) is 15.8. The van der Waals surface area contributed by atoms with Gasteiger partial charge in [-0.05, 0) is 48.8 Å². The number of carboxylic acids is 1. The molecule has 4 aliphatic rings. The average Bonchev–Trinajstić information content (AvgIpc) is 3.52. The number of thioether (sulfide) groups is 1. The van der Waals surface area contributed by atoms with Crippen LogP contribution in [-0.4, -0.2) is 51.2 Å². The monoisotopic (exact) mass is 486 g/mol. The molecular weight excluding hydrogens is 464 g/mol. The molecule has 33 heavy (non-hydrogen) atoms. The zero-order valence-corrected chi connectivity index (χ0v) is 19.5. The van der Waals surface area contributed by atoms with E-state index < -0.39 is 23.8 Å². The van der Waals surface area contributed by atoms with E-state index in [2.05, 4.69) is 4.98 Å². The fraction of sp³-hybridized carbons (Fsp3) is 0.478. The van der Waals surface area contributed by atoms with Gasteiger partial charge in [-0.1, -0.05) is 23.5 Å². The smallest absolute Gasteiger partial charge is 0.326 e. The summed E-state index contributed by atoms with van der Waals surface area (Å²) in [6.07, 6.45) is 0.774. The highest BCUT2D eigenvalue weighted by atomic mass is 32.2. The molecule has 172 valence electrons. The number of nitrogens with one attached hydrogen (secondary N) is 1. The van der Waals surface area contributed by atoms with Gasteiger partial charge in [-0.2, -0.15) is 0 Å². The number of carboxylic acid groups (broad SMARTS) is 1. The summed E-state index contributed by atoms with van der Waals surface area (Å²) in [6, 6.07) is 6.65. The number of benzene rings is 1. The van der Waals surface area contributed by atoms with Crippen LogP contribution in [0.5, 0.6) is 5.75 Å². The number of aliphatic carboxylic acids is 1. The van der Waals surface area contributed by atoms with Gasteiger partial charge in [-0.15, -0.1) is 11.8 Å². The normalized spacial score (nSPS) is 34.7. The number of imide groups is 1. The zero-order chi connectivity index (χ0) is 23.2. The van der Waals surface area contributed by atoms with E-state index in [0.717, 1.165) is 32.5 Å². The topological polar surface area (TPSA) is 117 Å². The molecule has 2 aliphatic carbocycles. The molecule has 2 saturated carbocycles. The zero-order valence-electron chi connectivity index (χ0n) is 17.9. The van der Waals surface area contributed by atoms with Crippen molar-refractivity contribution in [2.24, 2.45) is 29.6 Å². The standard InChI is InChI=1S/C23H22N2O6S2/c1-8(22(28)29)25-20(26)15-11-7-12(16(15)21(25)27)17-14(11)13(9-3-5-10(31-2)6-4-9)18-19(32-17)24-23(30)33-18/h3-6,8,11-17H,7H2,1-2H3,(H,24,30)(H,28,29)/t8-,11+,12+,13-,14+,15-,16-,17-/m0/s1. The first kappa shape index (κ1) is 21.0. The number of H-pyrrole nitrogens is 1. The van der Waals surface area contributed by atoms with E-state index in [9.17, 15) is 24.3 Å². The summed E-state index contributed by atoms with van der Waals surface area (Å²) in [5.41, 5.74) is 1.05. The maximum Gasteiger partial charge on any atom is 0.326 e. The third-order valence-corrected chi connectivity index (χ3v) is 10.6. The van der Waals surface area contributed by atoms with Crippen molar-refractivity contribution >= 4 is 40.9 Å². The van der Waals surface area contributed by atoms with Gasteiger partial charge in [-0.25, -0.2) is 4.79 Å². The molecule has 2 N–H and O–H groups in total. The Kier molecular flexibility index (Phi) is 4.58. The van der Waals surface area contributed by atoms with Crippen LogP contribution in [0.3, 0.4) is 0 Å². The number of thiazole rings is 1. The molecule has 0 unspecified atom stereocenters. The number of hydrogen-bond acceptors (Lipinski definition) is 7. The van der Waals surface area contributed by atoms with Crippen molar-refractivity contribution < 1.29 is 24.2 Å². The van der Waals surface area contributed by atoms with Gasteiger partial charge < -0.3 is 14.8 Å². The van der Waals surface area contributed by atoms with Crippen LogP contribution in [0.4, 0.5) is 0 Å². The third kappa shape index (κ3) is 2.76. The molecule has 0 spiro atoms. The Morgan fingerprint density at radius 2 is 1.82 bits per heavy atom. The molecule has 3 heterocycles. The number of carbonyl (C=O) groups is 3. The molecule has 10 heteroatoms. The molecule has 3 fully saturated rings. The van der Waals surface area contributed by atoms with Gasteiger partial charge in [0.05, 0.1) is 24.0 Å². The Balaban J connectivity index is 1.44. The highest BCUT2D eigenvalue weighted by molar-refractivity contribution is 8.00. The molecule has 2 aliphatic heterocycles. The Morgan fingerprint density at radius 3 is 2.45 bits per heavy atom. The first-order valence-electron chi connectivity index (χ1n) is 10.9. The van der Waals surface area contributed by atoms with Crippen molar-refractivity contribution in [3.05, 3.63) is 44.4 Å². The van der Waals surface area contributed by atoms with Crippen molar-refractivity contribution in [2.75, 3.05) is 7.11 Å². The van der Waals surface area contributed by atoms with Crippen LogP contribution < -0.4 is 9.61 Å². The number of nitrogens with zero attached hydrogens (tertiary/aromatic N) is 1. The fourth-order valence-corrected chi connectivity index (χ4v) is 9.61. The summed E-state index contributed by atoms with van der Waals surface area (Å²) in [5, 5.41) is 10.4. The number of carbonyl (C=O) groups excluding carboxylic acids is 2. The van der Waals surface area contributed by atoms with Crippen LogP contribution in [-0.2, 0) is 14.4 Å². The summed E-state index contributed by atoms with van der Waals surface area (Å²) in [5.74, 6) is -2.11. The van der Waals surface area contributed by atoms with E-state index in [-0.39, 0.29) is 45.6 Å². The molecule has 2 bridgehead atoms. The van der Waals surface area contributed by atoms with Crippen molar-refractivity contribution in [1.82, 2.24) is 9.88 Å². The van der Waals surface area contributed by atoms with Gasteiger partial charge in [0.15, 0.2) is 0 Å². The lowest BCUT2D eigenvalue weighted by molar-refractivity contribution is -0.154. The Hall–Kier alpha value is -2.59. The molecule has 6 rings (SSSR count). The van der Waals surface area contributed by atoms with Crippen LogP contribution >= 0.6 is 23.1 Å². The maximum absolute atomic E-state index is 13.3. The molecule has 1 saturated heterocycles. The summed E-state index contributed by atoms with van der Waals surface area (Å²) < 4.78 is 5.31. The van der Waals surface area contributed by atoms with Crippen LogP contribution in [0.2, 0.25) is 0 Å². The summed E-state index contributed by atoms with van der Waals surface area (Å²) in [4.78, 5) is 55.3. The van der Waals surface area contributed by atoms with Crippen LogP contribution in [0.1, 0.15) is 29.7 Å². The predicted molar refractivity (Wildman–Crippen MR) is 120 cm³/mol. The van der Waals surface area contributed by atoms with Gasteiger partial charge in [0, 0.05) is 16.0 Å². The molecular formula is C23H22N2O6S2. The number of amides is 2. The molecule has 8 atom stereocenters. The van der Waals surface area contributed by atoms with Crippen molar-refractivity contribution in [1.29, 1.82) is 0 Å². The van der Waals surface area contributed by atoms with Crippen LogP contribution in [0.15, 0.2) is 34.1 Å². The molecule has 8 nitrogen and oxygen atoms in total.